The Balaban J connectivity index is 0.000000366. The van der Waals surface area contributed by atoms with E-state index in [9.17, 15) is 0 Å². The van der Waals surface area contributed by atoms with Gasteiger partial charge in [0.15, 0.2) is 23.0 Å². The van der Waals surface area contributed by atoms with Crippen molar-refractivity contribution in [3.05, 3.63) is 95.3 Å². The summed E-state index contributed by atoms with van der Waals surface area (Å²) in [6.45, 7) is 10.9. The van der Waals surface area contributed by atoms with Gasteiger partial charge in [-0.3, -0.25) is 19.9 Å². The van der Waals surface area contributed by atoms with Crippen molar-refractivity contribution in [3.63, 3.8) is 0 Å². The van der Waals surface area contributed by atoms with E-state index in [-0.39, 0.29) is 19.5 Å². The van der Waals surface area contributed by atoms with Crippen molar-refractivity contribution in [1.82, 2.24) is 19.9 Å². The minimum atomic E-state index is 0. The average Bonchev–Trinajstić information content (AvgIpc) is 3.88. The van der Waals surface area contributed by atoms with Gasteiger partial charge in [-0.15, -0.1) is 46.2 Å². The van der Waals surface area contributed by atoms with E-state index in [0.717, 1.165) is 78.2 Å². The Morgan fingerprint density at radius 2 is 0.877 bits per heavy atom. The van der Waals surface area contributed by atoms with E-state index in [1.54, 1.807) is 22.7 Å². The second-order valence-electron chi connectivity index (χ2n) is 14.4. The molecule has 17 heteroatoms. The number of aryl methyl sites for hydroxylation is 2. The molecule has 6 aromatic rings. The van der Waals surface area contributed by atoms with E-state index in [4.69, 9.17) is 39.7 Å². The van der Waals surface area contributed by atoms with Crippen molar-refractivity contribution < 1.29 is 38.4 Å². The first-order valence-corrected chi connectivity index (χ1v) is 25.7. The molecule has 8 rings (SSSR count). The number of pyridine rings is 4. The zero-order chi connectivity index (χ0) is 45.5. The van der Waals surface area contributed by atoms with Crippen LogP contribution in [0.4, 0.5) is 0 Å². The van der Waals surface area contributed by atoms with Crippen molar-refractivity contribution in [2.45, 2.75) is 87.5 Å². The predicted octanol–water partition coefficient (Wildman–Crippen LogP) is 14.6. The van der Waals surface area contributed by atoms with Crippen molar-refractivity contribution in [1.29, 1.82) is 0 Å². The van der Waals surface area contributed by atoms with Gasteiger partial charge in [-0.1, -0.05) is 76.8 Å². The molecule has 0 spiro atoms. The number of unbranched alkanes of at least 4 members (excludes halogenated alkanes) is 6. The van der Waals surface area contributed by atoms with Gasteiger partial charge in [-0.25, -0.2) is 0 Å². The van der Waals surface area contributed by atoms with E-state index >= 15 is 0 Å². The number of fused-ring (bicyclic) bond motifs is 2. The van der Waals surface area contributed by atoms with E-state index in [0.29, 0.717) is 26.4 Å². The zero-order valence-electron chi connectivity index (χ0n) is 36.9. The molecule has 2 aliphatic heterocycles. The summed E-state index contributed by atoms with van der Waals surface area (Å²) in [5.41, 5.74) is 8.08. The molecule has 65 heavy (non-hydrogen) atoms. The summed E-state index contributed by atoms with van der Waals surface area (Å²) in [5.74, 6) is 5.71. The summed E-state index contributed by atoms with van der Waals surface area (Å²) in [6.07, 6.45) is 17.4. The fourth-order valence-corrected chi connectivity index (χ4v) is 11.5. The SMILES string of the molecule is CCCCCCSc1sc(-c2ccnc(-c3cc(-c4sc(SCCCCCC)c5c4OCCO5)ccn3)c2)c2c1OCCO2.Cc1ccnc(-c2cc(C)ccn2)c1.[N-]=C=S.[N-]=C=S.[Ru+2]. The first-order valence-electron chi connectivity index (χ1n) is 21.3. The number of thiophene rings is 2. The van der Waals surface area contributed by atoms with Crippen LogP contribution in [0.5, 0.6) is 23.0 Å². The Bertz CT molecular complexity index is 2300. The van der Waals surface area contributed by atoms with Crippen LogP contribution >= 0.6 is 70.6 Å². The quantitative estimate of drug-likeness (QED) is 0.0300. The van der Waals surface area contributed by atoms with Crippen molar-refractivity contribution in [2.24, 2.45) is 0 Å². The molecular weight excluding hydrogens is 1020 g/mol. The molecule has 0 aromatic carbocycles. The molecule has 0 bridgehead atoms. The van der Waals surface area contributed by atoms with Crippen LogP contribution in [0.15, 0.2) is 81.7 Å². The van der Waals surface area contributed by atoms with E-state index in [1.165, 1.54) is 81.2 Å². The molecule has 0 fully saturated rings. The van der Waals surface area contributed by atoms with Crippen molar-refractivity contribution >= 4 is 81.0 Å². The predicted molar refractivity (Wildman–Crippen MR) is 275 cm³/mol. The van der Waals surface area contributed by atoms with Crippen molar-refractivity contribution in [3.8, 4) is 66.7 Å². The normalized spacial score (nSPS) is 11.8. The number of isothiocyanates is 2. The number of hydrogen-bond donors (Lipinski definition) is 0. The first kappa shape index (κ1) is 53.7. The third-order valence-electron chi connectivity index (χ3n) is 9.60. The smallest absolute Gasteiger partial charge is 0.753 e. The van der Waals surface area contributed by atoms with Crippen LogP contribution in [0.25, 0.3) is 54.5 Å². The van der Waals surface area contributed by atoms with Gasteiger partial charge in [-0.05, 0) is 109 Å². The topological polar surface area (TPSA) is 133 Å². The van der Waals surface area contributed by atoms with Crippen LogP contribution in [0.3, 0.4) is 0 Å². The number of thiocarbonyl (C=S) groups is 2. The molecule has 6 aromatic heterocycles. The van der Waals surface area contributed by atoms with Crippen LogP contribution in [0, 0.1) is 13.8 Å². The minimum absolute atomic E-state index is 0. The van der Waals surface area contributed by atoms with Crippen molar-refractivity contribution in [2.75, 3.05) is 37.9 Å². The molecule has 10 nitrogen and oxygen atoms in total. The fraction of sp³-hybridized carbons (Fsp3) is 0.375. The summed E-state index contributed by atoms with van der Waals surface area (Å²) < 4.78 is 27.0. The number of nitrogens with zero attached hydrogens (tertiary/aromatic N) is 6. The molecule has 0 unspecified atom stereocenters. The number of hydrogen-bond acceptors (Lipinski definition) is 14. The van der Waals surface area contributed by atoms with Gasteiger partial charge in [0.2, 0.25) is 0 Å². The number of ether oxygens (including phenoxy) is 4. The Kier molecular flexibility index (Phi) is 24.6. The van der Waals surface area contributed by atoms with Crippen LogP contribution in [-0.2, 0) is 19.5 Å². The molecule has 0 saturated carbocycles. The minimum Gasteiger partial charge on any atom is -0.753 e. The first-order chi connectivity index (χ1) is 31.3. The van der Waals surface area contributed by atoms with Crippen LogP contribution in [-0.4, -0.2) is 68.2 Å². The maximum atomic E-state index is 7.13. The molecule has 0 N–H and O–H groups in total. The summed E-state index contributed by atoms with van der Waals surface area (Å²) in [7, 11) is 0. The van der Waals surface area contributed by atoms with Crippen LogP contribution in [0.1, 0.15) is 76.3 Å². The van der Waals surface area contributed by atoms with E-state index in [2.05, 4.69) is 86.4 Å². The van der Waals surface area contributed by atoms with Crippen LogP contribution < -0.4 is 18.9 Å². The Labute approximate surface area is 423 Å². The monoisotopic (exact) mass is 1070 g/mol. The molecule has 0 aliphatic carbocycles. The third-order valence-corrected chi connectivity index (χ3v) is 14.7. The molecular formula is C48H52N6O4RuS6. The second-order valence-corrected chi connectivity index (χ2v) is 19.6. The Morgan fingerprint density at radius 1 is 0.538 bits per heavy atom. The summed E-state index contributed by atoms with van der Waals surface area (Å²) >= 11 is 14.7. The van der Waals surface area contributed by atoms with Gasteiger partial charge in [0.1, 0.15) is 34.8 Å². The maximum Gasteiger partial charge on any atom is 2.00 e. The Hall–Kier alpha value is -3.88. The van der Waals surface area contributed by atoms with Gasteiger partial charge in [0, 0.05) is 24.8 Å². The van der Waals surface area contributed by atoms with Gasteiger partial charge >= 0.3 is 19.5 Å². The zero-order valence-corrected chi connectivity index (χ0v) is 43.6. The molecule has 8 heterocycles. The van der Waals surface area contributed by atoms with Gasteiger partial charge in [-0.2, -0.15) is 10.3 Å². The largest absolute Gasteiger partial charge is 2.00 e. The van der Waals surface area contributed by atoms with E-state index in [1.807, 2.05) is 72.6 Å². The molecule has 0 atom stereocenters. The maximum absolute atomic E-state index is 7.13. The summed E-state index contributed by atoms with van der Waals surface area (Å²) in [6, 6.07) is 16.4. The van der Waals surface area contributed by atoms with Crippen LogP contribution in [0.2, 0.25) is 0 Å². The molecule has 2 aliphatic rings. The standard InChI is InChI=1S/C34H40N2O4S4.C12H12N2.2CNS.Ru/c1-3-5-7-9-19-41-33-29-27(37-15-17-39-29)31(43-33)23-11-13-35-25(21-23)26-22-24(12-14-36-26)32-28-30(40-18-16-38-28)34(44-32)42-20-10-8-6-4-2;1-9-3-5-13-11(7-9)12-8-10(2)4-6-14-12;2*2-1-3;/h11-14,21-22H,3-10,15-20H2,1-2H3;3-8H,1-2H3;;;/q;;2*-1;+2. The molecule has 0 saturated heterocycles. The molecule has 0 radical (unpaired) electrons. The van der Waals surface area contributed by atoms with Gasteiger partial charge < -0.3 is 29.8 Å². The van der Waals surface area contributed by atoms with Gasteiger partial charge in [0.05, 0.1) is 32.5 Å². The van der Waals surface area contributed by atoms with E-state index < -0.39 is 0 Å². The second kappa shape index (κ2) is 29.7. The number of thioether (sulfide) groups is 2. The average molecular weight is 1070 g/mol. The summed E-state index contributed by atoms with van der Waals surface area (Å²) in [4.78, 5) is 20.2. The fourth-order valence-electron chi connectivity index (χ4n) is 6.58. The number of aromatic nitrogens is 4. The molecule has 342 valence electrons. The Morgan fingerprint density at radius 3 is 1.23 bits per heavy atom. The summed E-state index contributed by atoms with van der Waals surface area (Å²) in [5, 5.41) is 16.9. The van der Waals surface area contributed by atoms with Gasteiger partial charge in [0.25, 0.3) is 0 Å². The number of rotatable bonds is 16. The third kappa shape index (κ3) is 16.2. The molecule has 0 amide bonds.